The molecule has 1 aromatic rings. The van der Waals surface area contributed by atoms with Crippen molar-refractivity contribution in [1.29, 1.82) is 0 Å². The van der Waals surface area contributed by atoms with Gasteiger partial charge in [0.1, 0.15) is 0 Å². The van der Waals surface area contributed by atoms with Gasteiger partial charge in [-0.1, -0.05) is 0 Å². The number of nitrogens with zero attached hydrogens (tertiary/aromatic N) is 1. The van der Waals surface area contributed by atoms with Crippen molar-refractivity contribution < 1.29 is 10.0 Å². The zero-order chi connectivity index (χ0) is 11.3. The molecule has 2 aliphatic rings. The van der Waals surface area contributed by atoms with E-state index >= 15 is 0 Å². The van der Waals surface area contributed by atoms with E-state index in [9.17, 15) is 15.2 Å². The van der Waals surface area contributed by atoms with Crippen molar-refractivity contribution in [3.8, 4) is 5.75 Å². The molecule has 1 heterocycles. The first-order valence-electron chi connectivity index (χ1n) is 5.38. The molecule has 1 aliphatic carbocycles. The summed E-state index contributed by atoms with van der Waals surface area (Å²) in [6.45, 7) is 1.78. The Kier molecular flexibility index (Phi) is 1.91. The van der Waals surface area contributed by atoms with Crippen LogP contribution in [0.4, 0.5) is 5.69 Å². The lowest BCUT2D eigenvalue weighted by molar-refractivity contribution is -0.385. The molecule has 0 aromatic heterocycles. The van der Waals surface area contributed by atoms with Crippen LogP contribution in [-0.4, -0.2) is 23.1 Å². The molecule has 1 saturated heterocycles. The highest BCUT2D eigenvalue weighted by atomic mass is 16.6. The summed E-state index contributed by atoms with van der Waals surface area (Å²) in [5, 5.41) is 23.7. The van der Waals surface area contributed by atoms with Crippen LogP contribution in [0.1, 0.15) is 29.4 Å². The van der Waals surface area contributed by atoms with E-state index in [1.165, 1.54) is 0 Å². The van der Waals surface area contributed by atoms with E-state index in [-0.39, 0.29) is 11.4 Å². The number of nitrogens with one attached hydrogen (secondary N) is 1. The molecule has 1 fully saturated rings. The Balaban J connectivity index is 2.16. The van der Waals surface area contributed by atoms with E-state index in [1.807, 2.05) is 0 Å². The fraction of sp³-hybridized carbons (Fsp3) is 0.455. The first-order chi connectivity index (χ1) is 7.66. The van der Waals surface area contributed by atoms with E-state index in [4.69, 9.17) is 0 Å². The fourth-order valence-electron chi connectivity index (χ4n) is 2.88. The number of aromatic hydroxyl groups is 1. The first kappa shape index (κ1) is 9.59. The molecular formula is C11H12N2O3. The number of piperidine rings is 1. The number of fused-ring (bicyclic) bond motifs is 5. The number of nitro benzene ring substituents is 1. The lowest BCUT2D eigenvalue weighted by Crippen LogP contribution is -2.28. The highest BCUT2D eigenvalue weighted by molar-refractivity contribution is 5.55. The summed E-state index contributed by atoms with van der Waals surface area (Å²) in [7, 11) is 0. The summed E-state index contributed by atoms with van der Waals surface area (Å²) in [5.74, 6) is 0.560. The topological polar surface area (TPSA) is 75.4 Å². The number of benzene rings is 1. The van der Waals surface area contributed by atoms with Crippen molar-refractivity contribution >= 4 is 5.69 Å². The number of phenols is 1. The molecule has 5 nitrogen and oxygen atoms in total. The minimum atomic E-state index is -0.522. The predicted octanol–water partition coefficient (Wildman–Crippen LogP) is 1.47. The van der Waals surface area contributed by atoms with E-state index in [0.717, 1.165) is 30.6 Å². The van der Waals surface area contributed by atoms with Crippen LogP contribution in [0.5, 0.6) is 5.75 Å². The molecule has 1 aromatic carbocycles. The van der Waals surface area contributed by atoms with Crippen molar-refractivity contribution in [3.63, 3.8) is 0 Å². The van der Waals surface area contributed by atoms with Gasteiger partial charge in [0.25, 0.3) is 0 Å². The van der Waals surface area contributed by atoms with E-state index in [2.05, 4.69) is 5.32 Å². The van der Waals surface area contributed by atoms with Crippen LogP contribution in [0.2, 0.25) is 0 Å². The summed E-state index contributed by atoms with van der Waals surface area (Å²) >= 11 is 0. The lowest BCUT2D eigenvalue weighted by atomic mass is 9.98. The molecule has 0 radical (unpaired) electrons. The SMILES string of the molecule is O=[N+]([O-])c1cc2c(cc1O)C1CNCC2C1. The van der Waals surface area contributed by atoms with Gasteiger partial charge in [0.05, 0.1) is 4.92 Å². The monoisotopic (exact) mass is 220 g/mol. The average molecular weight is 220 g/mol. The third-order valence-corrected chi connectivity index (χ3v) is 3.61. The zero-order valence-corrected chi connectivity index (χ0v) is 8.64. The molecule has 2 N–H and O–H groups in total. The van der Waals surface area contributed by atoms with Crippen molar-refractivity contribution in [2.24, 2.45) is 0 Å². The smallest absolute Gasteiger partial charge is 0.310 e. The Morgan fingerprint density at radius 3 is 2.56 bits per heavy atom. The Bertz CT molecular complexity index is 473. The Morgan fingerprint density at radius 2 is 1.94 bits per heavy atom. The van der Waals surface area contributed by atoms with Gasteiger partial charge >= 0.3 is 5.69 Å². The van der Waals surface area contributed by atoms with Crippen LogP contribution >= 0.6 is 0 Å². The standard InChI is InChI=1S/C11H12N2O3/c14-11-3-9-7-1-6(4-12-5-7)8(9)2-10(11)13(15)16/h2-3,6-7,12,14H,1,4-5H2. The number of hydrogen-bond donors (Lipinski definition) is 2. The molecule has 0 spiro atoms. The Labute approximate surface area is 92.2 Å². The van der Waals surface area contributed by atoms with Gasteiger partial charge in [-0.15, -0.1) is 0 Å². The molecule has 84 valence electrons. The maximum atomic E-state index is 10.7. The second-order valence-electron chi connectivity index (χ2n) is 4.51. The van der Waals surface area contributed by atoms with E-state index in [1.54, 1.807) is 12.1 Å². The maximum absolute atomic E-state index is 10.7. The second-order valence-corrected chi connectivity index (χ2v) is 4.51. The highest BCUT2D eigenvalue weighted by Crippen LogP contribution is 2.47. The number of phenolic OH excluding ortho intramolecular Hbond substituents is 1. The largest absolute Gasteiger partial charge is 0.502 e. The third kappa shape index (κ3) is 1.21. The van der Waals surface area contributed by atoms with Crippen LogP contribution in [0.15, 0.2) is 12.1 Å². The van der Waals surface area contributed by atoms with Crippen molar-refractivity contribution in [1.82, 2.24) is 5.32 Å². The van der Waals surface area contributed by atoms with Gasteiger partial charge in [-0.05, 0) is 35.4 Å². The van der Waals surface area contributed by atoms with Gasteiger partial charge in [0.2, 0.25) is 0 Å². The molecule has 2 atom stereocenters. The van der Waals surface area contributed by atoms with E-state index < -0.39 is 4.92 Å². The zero-order valence-electron chi connectivity index (χ0n) is 8.64. The molecular weight excluding hydrogens is 208 g/mol. The van der Waals surface area contributed by atoms with E-state index in [0.29, 0.717) is 11.8 Å². The summed E-state index contributed by atoms with van der Waals surface area (Å²) in [5.41, 5.74) is 1.95. The fourth-order valence-corrected chi connectivity index (χ4v) is 2.88. The van der Waals surface area contributed by atoms with Crippen molar-refractivity contribution in [2.75, 3.05) is 13.1 Å². The molecule has 0 amide bonds. The first-order valence-corrected chi connectivity index (χ1v) is 5.38. The lowest BCUT2D eigenvalue weighted by Gasteiger charge is -2.19. The predicted molar refractivity (Wildman–Crippen MR) is 57.7 cm³/mol. The quantitative estimate of drug-likeness (QED) is 0.555. The molecule has 2 unspecified atom stereocenters. The molecule has 5 heteroatoms. The van der Waals surface area contributed by atoms with Gasteiger partial charge < -0.3 is 10.4 Å². The molecule has 3 rings (SSSR count). The number of rotatable bonds is 1. The highest BCUT2D eigenvalue weighted by Gasteiger charge is 2.36. The van der Waals surface area contributed by atoms with Crippen LogP contribution in [0, 0.1) is 10.1 Å². The minimum Gasteiger partial charge on any atom is -0.502 e. The number of nitro groups is 1. The summed E-state index contributed by atoms with van der Waals surface area (Å²) in [6.07, 6.45) is 1.04. The Hall–Kier alpha value is -1.62. The maximum Gasteiger partial charge on any atom is 0.310 e. The average Bonchev–Trinajstić information content (AvgIpc) is 2.50. The van der Waals surface area contributed by atoms with Crippen LogP contribution in [0.3, 0.4) is 0 Å². The van der Waals surface area contributed by atoms with Gasteiger partial charge in [-0.2, -0.15) is 0 Å². The normalized spacial score (nSPS) is 26.5. The van der Waals surface area contributed by atoms with Crippen molar-refractivity contribution in [2.45, 2.75) is 18.3 Å². The van der Waals surface area contributed by atoms with Gasteiger partial charge in [0.15, 0.2) is 5.75 Å². The third-order valence-electron chi connectivity index (χ3n) is 3.61. The van der Waals surface area contributed by atoms with Crippen molar-refractivity contribution in [3.05, 3.63) is 33.4 Å². The molecule has 16 heavy (non-hydrogen) atoms. The minimum absolute atomic E-state index is 0.175. The summed E-state index contributed by atoms with van der Waals surface area (Å²) in [6, 6.07) is 3.12. The van der Waals surface area contributed by atoms with Crippen LogP contribution < -0.4 is 5.32 Å². The molecule has 1 aliphatic heterocycles. The molecule has 0 saturated carbocycles. The molecule has 2 bridgehead atoms. The number of hydrogen-bond acceptors (Lipinski definition) is 4. The summed E-state index contributed by atoms with van der Waals surface area (Å²) in [4.78, 5) is 10.2. The Morgan fingerprint density at radius 1 is 1.31 bits per heavy atom. The van der Waals surface area contributed by atoms with Gasteiger partial charge in [0, 0.05) is 19.2 Å². The van der Waals surface area contributed by atoms with Gasteiger partial charge in [-0.25, -0.2) is 0 Å². The second kappa shape index (κ2) is 3.18. The van der Waals surface area contributed by atoms with Gasteiger partial charge in [-0.3, -0.25) is 10.1 Å². The van der Waals surface area contributed by atoms with Crippen LogP contribution in [0.25, 0.3) is 0 Å². The summed E-state index contributed by atoms with van der Waals surface area (Å²) < 4.78 is 0. The van der Waals surface area contributed by atoms with Crippen LogP contribution in [-0.2, 0) is 0 Å².